The third-order valence-corrected chi connectivity index (χ3v) is 3.14. The molecule has 0 saturated carbocycles. The van der Waals surface area contributed by atoms with Crippen molar-refractivity contribution in [2.24, 2.45) is 5.73 Å². The second-order valence-corrected chi connectivity index (χ2v) is 4.40. The van der Waals surface area contributed by atoms with Crippen LogP contribution in [-0.4, -0.2) is 5.11 Å². The van der Waals surface area contributed by atoms with Crippen LogP contribution in [0.5, 0.6) is 5.75 Å². The van der Waals surface area contributed by atoms with Crippen molar-refractivity contribution in [3.63, 3.8) is 0 Å². The summed E-state index contributed by atoms with van der Waals surface area (Å²) in [6, 6.07) is 15.7. The SMILES string of the molecule is N#CC(=Cc1c(O)ccc2ccccc12)C(N)=C(C#N)C#N. The molecule has 104 valence electrons. The summed E-state index contributed by atoms with van der Waals surface area (Å²) in [5.74, 6) is -0.0188. The molecule has 22 heavy (non-hydrogen) atoms. The predicted molar refractivity (Wildman–Crippen MR) is 81.6 cm³/mol. The Bertz CT molecular complexity index is 918. The van der Waals surface area contributed by atoms with Crippen molar-refractivity contribution in [3.05, 3.63) is 58.8 Å². The third-order valence-electron chi connectivity index (χ3n) is 3.14. The molecule has 0 spiro atoms. The van der Waals surface area contributed by atoms with Gasteiger partial charge in [-0.2, -0.15) is 15.8 Å². The summed E-state index contributed by atoms with van der Waals surface area (Å²) in [5, 5.41) is 38.6. The van der Waals surface area contributed by atoms with Gasteiger partial charge in [0.2, 0.25) is 0 Å². The molecule has 0 aromatic heterocycles. The van der Waals surface area contributed by atoms with Crippen molar-refractivity contribution in [3.8, 4) is 24.0 Å². The predicted octanol–water partition coefficient (Wildman–Crippen LogP) is 2.71. The van der Waals surface area contributed by atoms with Gasteiger partial charge in [-0.15, -0.1) is 0 Å². The number of nitriles is 3. The Labute approximate surface area is 127 Å². The van der Waals surface area contributed by atoms with Crippen LogP contribution in [-0.2, 0) is 0 Å². The first kappa shape index (κ1) is 14.7. The molecule has 2 aromatic carbocycles. The summed E-state index contributed by atoms with van der Waals surface area (Å²) >= 11 is 0. The van der Waals surface area contributed by atoms with Gasteiger partial charge in [0.1, 0.15) is 24.0 Å². The number of hydrogen-bond acceptors (Lipinski definition) is 5. The van der Waals surface area contributed by atoms with Gasteiger partial charge in [0.25, 0.3) is 0 Å². The van der Waals surface area contributed by atoms with Crippen LogP contribution in [0.15, 0.2) is 53.2 Å². The Morgan fingerprint density at radius 2 is 1.68 bits per heavy atom. The zero-order valence-corrected chi connectivity index (χ0v) is 11.4. The molecular weight excluding hydrogens is 276 g/mol. The molecule has 0 heterocycles. The Morgan fingerprint density at radius 3 is 2.32 bits per heavy atom. The molecule has 0 bridgehead atoms. The van der Waals surface area contributed by atoms with Crippen LogP contribution in [0.3, 0.4) is 0 Å². The fourth-order valence-electron chi connectivity index (χ4n) is 2.03. The highest BCUT2D eigenvalue weighted by Gasteiger charge is 2.11. The van der Waals surface area contributed by atoms with E-state index in [1.54, 1.807) is 30.3 Å². The quantitative estimate of drug-likeness (QED) is 0.650. The molecule has 5 heteroatoms. The number of phenols is 1. The molecule has 0 aliphatic rings. The highest BCUT2D eigenvalue weighted by Crippen LogP contribution is 2.30. The molecule has 2 rings (SSSR count). The number of hydrogen-bond donors (Lipinski definition) is 2. The number of aromatic hydroxyl groups is 1. The summed E-state index contributed by atoms with van der Waals surface area (Å²) in [6.07, 6.45) is 1.38. The maximum absolute atomic E-state index is 10.0. The zero-order chi connectivity index (χ0) is 16.1. The van der Waals surface area contributed by atoms with Gasteiger partial charge in [-0.05, 0) is 22.9 Å². The van der Waals surface area contributed by atoms with Crippen LogP contribution in [0, 0.1) is 34.0 Å². The van der Waals surface area contributed by atoms with Gasteiger partial charge in [-0.3, -0.25) is 0 Å². The van der Waals surface area contributed by atoms with Gasteiger partial charge in [-0.25, -0.2) is 0 Å². The van der Waals surface area contributed by atoms with Gasteiger partial charge in [0, 0.05) is 5.56 Å². The monoisotopic (exact) mass is 286 g/mol. The van der Waals surface area contributed by atoms with Crippen molar-refractivity contribution in [1.29, 1.82) is 15.8 Å². The van der Waals surface area contributed by atoms with Crippen molar-refractivity contribution in [2.75, 3.05) is 0 Å². The zero-order valence-electron chi connectivity index (χ0n) is 11.4. The van der Waals surface area contributed by atoms with E-state index in [1.807, 2.05) is 18.2 Å². The Kier molecular flexibility index (Phi) is 4.09. The molecule has 0 unspecified atom stereocenters. The Hall–Kier alpha value is -3.75. The van der Waals surface area contributed by atoms with Gasteiger partial charge >= 0.3 is 0 Å². The van der Waals surface area contributed by atoms with Crippen molar-refractivity contribution in [1.82, 2.24) is 0 Å². The highest BCUT2D eigenvalue weighted by molar-refractivity contribution is 5.94. The molecule has 0 atom stereocenters. The Balaban J connectivity index is 2.75. The number of rotatable bonds is 2. The molecule has 2 aromatic rings. The maximum atomic E-state index is 10.0. The minimum absolute atomic E-state index is 0.0188. The van der Waals surface area contributed by atoms with Crippen LogP contribution >= 0.6 is 0 Å². The van der Waals surface area contributed by atoms with Gasteiger partial charge in [0.05, 0.1) is 11.3 Å². The average Bonchev–Trinajstić information content (AvgIpc) is 2.55. The normalized spacial score (nSPS) is 10.3. The van der Waals surface area contributed by atoms with E-state index in [2.05, 4.69) is 0 Å². The number of phenolic OH excluding ortho intramolecular Hbond substituents is 1. The summed E-state index contributed by atoms with van der Waals surface area (Å²) in [7, 11) is 0. The number of fused-ring (bicyclic) bond motifs is 1. The van der Waals surface area contributed by atoms with Crippen LogP contribution in [0.1, 0.15) is 5.56 Å². The van der Waals surface area contributed by atoms with Gasteiger partial charge in [-0.1, -0.05) is 30.3 Å². The number of benzene rings is 2. The van der Waals surface area contributed by atoms with Gasteiger partial charge in [0.15, 0.2) is 5.57 Å². The van der Waals surface area contributed by atoms with Crippen molar-refractivity contribution in [2.45, 2.75) is 0 Å². The number of nitrogens with two attached hydrogens (primary N) is 1. The lowest BCUT2D eigenvalue weighted by atomic mass is 10.00. The van der Waals surface area contributed by atoms with Crippen molar-refractivity contribution < 1.29 is 5.11 Å². The standard InChI is InChI=1S/C17H10N4O/c18-8-12(17(21)13(9-19)10-20)7-15-14-4-2-1-3-11(14)5-6-16(15)22/h1-7,22H,21H2. The van der Waals surface area contributed by atoms with E-state index in [0.717, 1.165) is 10.8 Å². The van der Waals surface area contributed by atoms with Crippen LogP contribution in [0.2, 0.25) is 0 Å². The first-order valence-corrected chi connectivity index (χ1v) is 6.25. The van der Waals surface area contributed by atoms with Crippen LogP contribution < -0.4 is 5.73 Å². The topological polar surface area (TPSA) is 118 Å². The van der Waals surface area contributed by atoms with Crippen LogP contribution in [0.4, 0.5) is 0 Å². The van der Waals surface area contributed by atoms with E-state index in [1.165, 1.54) is 12.1 Å². The molecule has 0 radical (unpaired) electrons. The minimum Gasteiger partial charge on any atom is -0.507 e. The molecule has 3 N–H and O–H groups in total. The second kappa shape index (κ2) is 6.13. The molecule has 0 fully saturated rings. The molecular formula is C17H10N4O. The van der Waals surface area contributed by atoms with E-state index in [0.29, 0.717) is 5.56 Å². The molecule has 5 nitrogen and oxygen atoms in total. The van der Waals surface area contributed by atoms with Crippen LogP contribution in [0.25, 0.3) is 16.8 Å². The van der Waals surface area contributed by atoms with E-state index >= 15 is 0 Å². The molecule has 0 aliphatic carbocycles. The third kappa shape index (κ3) is 2.58. The smallest absolute Gasteiger partial charge is 0.153 e. The minimum atomic E-state index is -0.340. The van der Waals surface area contributed by atoms with Gasteiger partial charge < -0.3 is 10.8 Å². The summed E-state index contributed by atoms with van der Waals surface area (Å²) in [6.45, 7) is 0. The first-order chi connectivity index (χ1) is 10.6. The lowest BCUT2D eigenvalue weighted by Gasteiger charge is -2.06. The summed E-state index contributed by atoms with van der Waals surface area (Å²) < 4.78 is 0. The lowest BCUT2D eigenvalue weighted by Crippen LogP contribution is -2.03. The maximum Gasteiger partial charge on any atom is 0.153 e. The van der Waals surface area contributed by atoms with E-state index < -0.39 is 0 Å². The average molecular weight is 286 g/mol. The number of nitrogens with zero attached hydrogens (tertiary/aromatic N) is 3. The van der Waals surface area contributed by atoms with E-state index in [4.69, 9.17) is 16.3 Å². The second-order valence-electron chi connectivity index (χ2n) is 4.40. The highest BCUT2D eigenvalue weighted by atomic mass is 16.3. The summed E-state index contributed by atoms with van der Waals surface area (Å²) in [5.41, 5.74) is 5.51. The van der Waals surface area contributed by atoms with E-state index in [9.17, 15) is 10.4 Å². The molecule has 0 saturated heterocycles. The lowest BCUT2D eigenvalue weighted by molar-refractivity contribution is 0.475. The number of allylic oxidation sites excluding steroid dienone is 2. The molecule has 0 amide bonds. The van der Waals surface area contributed by atoms with Crippen molar-refractivity contribution >= 4 is 16.8 Å². The largest absolute Gasteiger partial charge is 0.507 e. The molecule has 0 aliphatic heterocycles. The van der Waals surface area contributed by atoms with E-state index in [-0.39, 0.29) is 22.6 Å². The summed E-state index contributed by atoms with van der Waals surface area (Å²) in [4.78, 5) is 0. The fourth-order valence-corrected chi connectivity index (χ4v) is 2.03. The Morgan fingerprint density at radius 1 is 1.00 bits per heavy atom. The first-order valence-electron chi connectivity index (χ1n) is 6.25. The fraction of sp³-hybridized carbons (Fsp3) is 0.